The summed E-state index contributed by atoms with van der Waals surface area (Å²) in [6.45, 7) is 7.73. The number of carbonyl (C=O) groups excluding carboxylic acids is 1. The first-order valence-corrected chi connectivity index (χ1v) is 18.8. The summed E-state index contributed by atoms with van der Waals surface area (Å²) in [5, 5.41) is 14.5. The highest BCUT2D eigenvalue weighted by atomic mass is 16.6. The van der Waals surface area contributed by atoms with Crippen molar-refractivity contribution in [2.75, 3.05) is 64.1 Å². The molecule has 2 aromatic carbocycles. The molecular formula is C41H51N5O4. The van der Waals surface area contributed by atoms with Crippen LogP contribution in [0.15, 0.2) is 60.7 Å². The first-order chi connectivity index (χ1) is 24.4. The number of hydrogen-bond donors (Lipinski definition) is 1. The molecule has 50 heavy (non-hydrogen) atoms. The molecule has 5 fully saturated rings. The van der Waals surface area contributed by atoms with Crippen molar-refractivity contribution in [2.45, 2.75) is 58.3 Å². The van der Waals surface area contributed by atoms with E-state index in [1.54, 1.807) is 0 Å². The monoisotopic (exact) mass is 677 g/mol. The number of fused-ring (bicyclic) bond motifs is 1. The number of piperazine rings is 1. The van der Waals surface area contributed by atoms with Gasteiger partial charge in [-0.25, -0.2) is 4.98 Å². The summed E-state index contributed by atoms with van der Waals surface area (Å²) in [6, 6.07) is 21.1. The van der Waals surface area contributed by atoms with Gasteiger partial charge >= 0.3 is 5.97 Å². The number of hydrogen-bond acceptors (Lipinski definition) is 8. The van der Waals surface area contributed by atoms with Gasteiger partial charge in [0.2, 0.25) is 0 Å². The number of β-amino-alcohol motifs (C(OH)–C–C–N with tert-alkyl or cyclic N) is 1. The van der Waals surface area contributed by atoms with Crippen LogP contribution in [0, 0.1) is 30.1 Å². The number of nitrogens with zero attached hydrogens (tertiary/aromatic N) is 5. The highest BCUT2D eigenvalue weighted by Gasteiger charge is 2.51. The molecule has 4 aromatic rings. The van der Waals surface area contributed by atoms with E-state index in [0.717, 1.165) is 89.9 Å². The molecule has 9 nitrogen and oxygen atoms in total. The van der Waals surface area contributed by atoms with E-state index < -0.39 is 0 Å². The van der Waals surface area contributed by atoms with Crippen LogP contribution < -0.4 is 4.90 Å². The van der Waals surface area contributed by atoms with Crippen LogP contribution in [-0.4, -0.2) is 89.7 Å². The van der Waals surface area contributed by atoms with Crippen molar-refractivity contribution in [3.8, 4) is 22.4 Å². The molecule has 0 spiro atoms. The van der Waals surface area contributed by atoms with Gasteiger partial charge in [-0.2, -0.15) is 9.61 Å². The molecule has 0 unspecified atom stereocenters. The Kier molecular flexibility index (Phi) is 9.64. The SMILES string of the molecule is Cc1nn2c(N3CCN(CCO)CC3)cc(-c3cccc(CCOCCOC(=O)CC45CC6CC(CC(C6)C4)C5)c3)nc2c1-c1ccccc1. The molecule has 0 radical (unpaired) electrons. The number of benzene rings is 2. The zero-order valence-corrected chi connectivity index (χ0v) is 29.4. The Hall–Kier alpha value is -3.79. The van der Waals surface area contributed by atoms with Crippen molar-refractivity contribution in [1.82, 2.24) is 19.5 Å². The second-order valence-corrected chi connectivity index (χ2v) is 15.5. The lowest BCUT2D eigenvalue weighted by Crippen LogP contribution is -2.47. The summed E-state index contributed by atoms with van der Waals surface area (Å²) in [7, 11) is 0. The van der Waals surface area contributed by atoms with Gasteiger partial charge in [0.1, 0.15) is 12.4 Å². The fraction of sp³-hybridized carbons (Fsp3) is 0.537. The third kappa shape index (κ3) is 7.05. The minimum Gasteiger partial charge on any atom is -0.463 e. The number of aromatic nitrogens is 3. The largest absolute Gasteiger partial charge is 0.463 e. The molecule has 4 bridgehead atoms. The van der Waals surface area contributed by atoms with Crippen LogP contribution in [0.4, 0.5) is 5.82 Å². The van der Waals surface area contributed by atoms with Gasteiger partial charge in [-0.1, -0.05) is 48.5 Å². The smallest absolute Gasteiger partial charge is 0.306 e. The number of anilines is 1. The summed E-state index contributed by atoms with van der Waals surface area (Å²) in [5.41, 5.74) is 7.32. The normalized spacial score (nSPS) is 24.7. The lowest BCUT2D eigenvalue weighted by Gasteiger charge is -2.56. The molecular weight excluding hydrogens is 626 g/mol. The van der Waals surface area contributed by atoms with E-state index in [2.05, 4.69) is 71.3 Å². The van der Waals surface area contributed by atoms with Crippen molar-refractivity contribution in [3.05, 3.63) is 71.9 Å². The Labute approximate surface area is 295 Å². The van der Waals surface area contributed by atoms with Gasteiger partial charge in [-0.05, 0) is 92.2 Å². The number of aliphatic hydroxyl groups excluding tert-OH is 1. The molecule has 3 heterocycles. The maximum Gasteiger partial charge on any atom is 0.306 e. The van der Waals surface area contributed by atoms with E-state index in [0.29, 0.717) is 32.8 Å². The average Bonchev–Trinajstić information content (AvgIpc) is 3.45. The van der Waals surface area contributed by atoms with E-state index in [1.165, 1.54) is 44.1 Å². The Balaban J connectivity index is 0.922. The molecule has 1 N–H and O–H groups in total. The van der Waals surface area contributed by atoms with Gasteiger partial charge in [-0.15, -0.1) is 0 Å². The van der Waals surface area contributed by atoms with E-state index in [9.17, 15) is 9.90 Å². The lowest BCUT2D eigenvalue weighted by molar-refractivity contribution is -0.153. The second-order valence-electron chi connectivity index (χ2n) is 15.5. The number of aliphatic hydroxyl groups is 1. The number of ether oxygens (including phenoxy) is 2. The van der Waals surface area contributed by atoms with Crippen LogP contribution in [0.3, 0.4) is 0 Å². The molecule has 1 aliphatic heterocycles. The third-order valence-electron chi connectivity index (χ3n) is 11.9. The molecule has 0 atom stereocenters. The summed E-state index contributed by atoms with van der Waals surface area (Å²) < 4.78 is 13.6. The van der Waals surface area contributed by atoms with E-state index >= 15 is 0 Å². The van der Waals surface area contributed by atoms with Crippen molar-refractivity contribution < 1.29 is 19.4 Å². The van der Waals surface area contributed by atoms with Crippen LogP contribution in [0.1, 0.15) is 56.2 Å². The summed E-state index contributed by atoms with van der Waals surface area (Å²) in [4.78, 5) is 22.7. The Morgan fingerprint density at radius 2 is 1.60 bits per heavy atom. The summed E-state index contributed by atoms with van der Waals surface area (Å²) in [5.74, 6) is 3.53. The highest BCUT2D eigenvalue weighted by molar-refractivity contribution is 5.83. The number of carbonyl (C=O) groups is 1. The molecule has 4 saturated carbocycles. The summed E-state index contributed by atoms with van der Waals surface area (Å²) in [6.07, 6.45) is 9.22. The zero-order valence-electron chi connectivity index (χ0n) is 29.4. The Morgan fingerprint density at radius 1 is 0.880 bits per heavy atom. The first kappa shape index (κ1) is 33.4. The van der Waals surface area contributed by atoms with E-state index in [1.807, 2.05) is 10.6 Å². The number of esters is 1. The van der Waals surface area contributed by atoms with Crippen molar-refractivity contribution in [3.63, 3.8) is 0 Å². The maximum absolute atomic E-state index is 12.8. The molecule has 0 amide bonds. The van der Waals surface area contributed by atoms with Crippen molar-refractivity contribution in [1.29, 1.82) is 0 Å². The molecule has 2 aromatic heterocycles. The average molecular weight is 678 g/mol. The molecule has 4 aliphatic carbocycles. The number of aryl methyl sites for hydroxylation is 1. The molecule has 5 aliphatic rings. The first-order valence-electron chi connectivity index (χ1n) is 18.8. The van der Waals surface area contributed by atoms with Crippen LogP contribution in [0.2, 0.25) is 0 Å². The van der Waals surface area contributed by atoms with Crippen LogP contribution >= 0.6 is 0 Å². The van der Waals surface area contributed by atoms with E-state index in [-0.39, 0.29) is 18.0 Å². The minimum absolute atomic E-state index is 0.0390. The van der Waals surface area contributed by atoms with Gasteiger partial charge in [0.25, 0.3) is 0 Å². The fourth-order valence-electron chi connectivity index (χ4n) is 10.0. The number of rotatable bonds is 13. The topological polar surface area (TPSA) is 92.4 Å². The molecule has 1 saturated heterocycles. The quantitative estimate of drug-likeness (QED) is 0.132. The van der Waals surface area contributed by atoms with Gasteiger partial charge in [0, 0.05) is 49.9 Å². The van der Waals surface area contributed by atoms with Gasteiger partial charge < -0.3 is 19.5 Å². The minimum atomic E-state index is -0.0390. The Bertz CT molecular complexity index is 1760. The zero-order chi connectivity index (χ0) is 34.1. The van der Waals surface area contributed by atoms with Crippen LogP contribution in [-0.2, 0) is 20.7 Å². The van der Waals surface area contributed by atoms with Gasteiger partial charge in [0.05, 0.1) is 37.6 Å². The van der Waals surface area contributed by atoms with Crippen molar-refractivity contribution in [2.24, 2.45) is 23.2 Å². The summed E-state index contributed by atoms with van der Waals surface area (Å²) >= 11 is 0. The van der Waals surface area contributed by atoms with Crippen LogP contribution in [0.5, 0.6) is 0 Å². The Morgan fingerprint density at radius 3 is 2.32 bits per heavy atom. The predicted molar refractivity (Wildman–Crippen MR) is 195 cm³/mol. The predicted octanol–water partition coefficient (Wildman–Crippen LogP) is 6.19. The van der Waals surface area contributed by atoms with Gasteiger partial charge in [-0.3, -0.25) is 9.69 Å². The standard InChI is InChI=1S/C41H51N5O4/c1-29-39(34-7-3-2-4-8-34)40-42-36(24-37(46(40)43-29)45-13-11-44(12-14-45)15-16-47)35-9-5-6-30(23-35)10-17-49-18-19-50-38(48)28-41-25-31-20-32(26-41)22-33(21-31)27-41/h2-9,23-24,31-33,47H,10-22,25-28H2,1H3. The van der Waals surface area contributed by atoms with E-state index in [4.69, 9.17) is 19.6 Å². The maximum atomic E-state index is 12.8. The molecule has 264 valence electrons. The fourth-order valence-corrected chi connectivity index (χ4v) is 10.0. The van der Waals surface area contributed by atoms with Crippen LogP contribution in [0.25, 0.3) is 28.0 Å². The highest BCUT2D eigenvalue weighted by Crippen LogP contribution is 2.61. The molecule has 9 rings (SSSR count). The lowest BCUT2D eigenvalue weighted by atomic mass is 9.49. The second kappa shape index (κ2) is 14.4. The van der Waals surface area contributed by atoms with Crippen molar-refractivity contribution >= 4 is 17.4 Å². The molecule has 9 heteroatoms. The third-order valence-corrected chi connectivity index (χ3v) is 11.9. The van der Waals surface area contributed by atoms with Gasteiger partial charge in [0.15, 0.2) is 5.65 Å².